The Hall–Kier alpha value is -2.94. The van der Waals surface area contributed by atoms with Crippen LogP contribution in [-0.2, 0) is 0 Å². The second-order valence-corrected chi connectivity index (χ2v) is 6.71. The van der Waals surface area contributed by atoms with Crippen molar-refractivity contribution in [3.8, 4) is 0 Å². The standard InChI is InChI=1S/C23H22N2O/c26-23(13-10-18-14-15-24-22-7-3-2-6-21(18)22)19-8-11-20(12-9-19)25-16-4-1-5-17-25/h2-3,6-15H,1,4-5,16-17H2/b13-10+. The summed E-state index contributed by atoms with van der Waals surface area (Å²) in [4.78, 5) is 19.3. The Kier molecular flexibility index (Phi) is 4.78. The highest BCUT2D eigenvalue weighted by atomic mass is 16.1. The highest BCUT2D eigenvalue weighted by molar-refractivity contribution is 6.07. The first-order valence-electron chi connectivity index (χ1n) is 9.22. The number of hydrogen-bond acceptors (Lipinski definition) is 3. The Morgan fingerprint density at radius 3 is 2.50 bits per heavy atom. The number of pyridine rings is 1. The third-order valence-electron chi connectivity index (χ3n) is 4.97. The molecule has 1 fully saturated rings. The molecule has 0 aliphatic carbocycles. The van der Waals surface area contributed by atoms with Gasteiger partial charge in [-0.15, -0.1) is 0 Å². The van der Waals surface area contributed by atoms with Crippen molar-refractivity contribution in [2.45, 2.75) is 19.3 Å². The Balaban J connectivity index is 1.51. The van der Waals surface area contributed by atoms with Gasteiger partial charge in [-0.2, -0.15) is 0 Å². The second kappa shape index (κ2) is 7.52. The molecule has 1 aliphatic heterocycles. The van der Waals surface area contributed by atoms with Crippen LogP contribution in [0.3, 0.4) is 0 Å². The molecule has 26 heavy (non-hydrogen) atoms. The van der Waals surface area contributed by atoms with Crippen molar-refractivity contribution in [1.82, 2.24) is 4.98 Å². The van der Waals surface area contributed by atoms with Crippen LogP contribution in [0.25, 0.3) is 17.0 Å². The van der Waals surface area contributed by atoms with Crippen molar-refractivity contribution < 1.29 is 4.79 Å². The molecule has 3 heteroatoms. The van der Waals surface area contributed by atoms with E-state index in [4.69, 9.17) is 0 Å². The van der Waals surface area contributed by atoms with E-state index < -0.39 is 0 Å². The number of carbonyl (C=O) groups is 1. The summed E-state index contributed by atoms with van der Waals surface area (Å²) in [6.07, 6.45) is 9.14. The van der Waals surface area contributed by atoms with E-state index in [2.05, 4.69) is 22.0 Å². The molecule has 130 valence electrons. The van der Waals surface area contributed by atoms with Gasteiger partial charge in [0.25, 0.3) is 0 Å². The zero-order valence-electron chi connectivity index (χ0n) is 14.8. The van der Waals surface area contributed by atoms with Gasteiger partial charge >= 0.3 is 0 Å². The average Bonchev–Trinajstić information content (AvgIpc) is 2.73. The summed E-state index contributed by atoms with van der Waals surface area (Å²) in [7, 11) is 0. The average molecular weight is 342 g/mol. The normalized spacial score (nSPS) is 14.8. The topological polar surface area (TPSA) is 33.2 Å². The van der Waals surface area contributed by atoms with Crippen LogP contribution in [-0.4, -0.2) is 23.9 Å². The number of aromatic nitrogens is 1. The van der Waals surface area contributed by atoms with Gasteiger partial charge in [-0.3, -0.25) is 9.78 Å². The SMILES string of the molecule is O=C(/C=C/c1ccnc2ccccc12)c1ccc(N2CCCCC2)cc1. The van der Waals surface area contributed by atoms with E-state index in [1.807, 2.05) is 48.5 Å². The lowest BCUT2D eigenvalue weighted by atomic mass is 10.1. The number of rotatable bonds is 4. The highest BCUT2D eigenvalue weighted by Crippen LogP contribution is 2.21. The predicted octanol–water partition coefficient (Wildman–Crippen LogP) is 5.12. The molecule has 0 saturated carbocycles. The van der Waals surface area contributed by atoms with E-state index in [1.54, 1.807) is 12.3 Å². The van der Waals surface area contributed by atoms with Crippen LogP contribution in [0.2, 0.25) is 0 Å². The van der Waals surface area contributed by atoms with E-state index in [0.717, 1.165) is 35.1 Å². The fourth-order valence-corrected chi connectivity index (χ4v) is 3.51. The number of anilines is 1. The van der Waals surface area contributed by atoms with Crippen LogP contribution in [0.1, 0.15) is 35.2 Å². The maximum atomic E-state index is 12.5. The van der Waals surface area contributed by atoms with Crippen molar-refractivity contribution in [2.75, 3.05) is 18.0 Å². The molecule has 0 spiro atoms. The number of allylic oxidation sites excluding steroid dienone is 1. The lowest BCUT2D eigenvalue weighted by Gasteiger charge is -2.28. The van der Waals surface area contributed by atoms with E-state index in [9.17, 15) is 4.79 Å². The molecule has 0 bridgehead atoms. The molecule has 0 amide bonds. The van der Waals surface area contributed by atoms with Gasteiger partial charge in [0.2, 0.25) is 0 Å². The minimum atomic E-state index is 0.0242. The summed E-state index contributed by atoms with van der Waals surface area (Å²) in [5.41, 5.74) is 3.88. The molecule has 0 atom stereocenters. The van der Waals surface area contributed by atoms with Gasteiger partial charge in [0, 0.05) is 35.9 Å². The Bertz CT molecular complexity index is 933. The Morgan fingerprint density at radius 2 is 1.69 bits per heavy atom. The lowest BCUT2D eigenvalue weighted by molar-refractivity contribution is 0.104. The van der Waals surface area contributed by atoms with E-state index in [-0.39, 0.29) is 5.78 Å². The summed E-state index contributed by atoms with van der Waals surface area (Å²) < 4.78 is 0. The summed E-state index contributed by atoms with van der Waals surface area (Å²) in [5.74, 6) is 0.0242. The zero-order valence-corrected chi connectivity index (χ0v) is 14.8. The molecule has 4 rings (SSSR count). The predicted molar refractivity (Wildman–Crippen MR) is 108 cm³/mol. The number of piperidine rings is 1. The number of hydrogen-bond donors (Lipinski definition) is 0. The molecule has 1 aliphatic rings. The number of ketones is 1. The molecule has 2 aromatic carbocycles. The molecule has 1 aromatic heterocycles. The molecular weight excluding hydrogens is 320 g/mol. The Labute approximate surface area is 154 Å². The van der Waals surface area contributed by atoms with Gasteiger partial charge in [0.1, 0.15) is 0 Å². The van der Waals surface area contributed by atoms with Gasteiger partial charge in [-0.05, 0) is 67.3 Å². The van der Waals surface area contributed by atoms with Crippen LogP contribution in [0.5, 0.6) is 0 Å². The number of benzene rings is 2. The quantitative estimate of drug-likeness (QED) is 0.487. The van der Waals surface area contributed by atoms with E-state index in [0.29, 0.717) is 0 Å². The summed E-state index contributed by atoms with van der Waals surface area (Å²) in [6.45, 7) is 2.23. The lowest BCUT2D eigenvalue weighted by Crippen LogP contribution is -2.29. The number of fused-ring (bicyclic) bond motifs is 1. The molecule has 0 radical (unpaired) electrons. The molecule has 2 heterocycles. The van der Waals surface area contributed by atoms with Crippen LogP contribution < -0.4 is 4.90 Å². The molecule has 0 unspecified atom stereocenters. The van der Waals surface area contributed by atoms with Crippen LogP contribution in [0, 0.1) is 0 Å². The Morgan fingerprint density at radius 1 is 0.923 bits per heavy atom. The molecule has 0 N–H and O–H groups in total. The molecule has 1 saturated heterocycles. The first-order chi connectivity index (χ1) is 12.8. The summed E-state index contributed by atoms with van der Waals surface area (Å²) in [5, 5.41) is 1.06. The monoisotopic (exact) mass is 342 g/mol. The van der Waals surface area contributed by atoms with Crippen molar-refractivity contribution in [2.24, 2.45) is 0 Å². The first-order valence-corrected chi connectivity index (χ1v) is 9.22. The fraction of sp³-hybridized carbons (Fsp3) is 0.217. The van der Waals surface area contributed by atoms with Crippen LogP contribution >= 0.6 is 0 Å². The van der Waals surface area contributed by atoms with E-state index >= 15 is 0 Å². The van der Waals surface area contributed by atoms with Crippen molar-refractivity contribution in [1.29, 1.82) is 0 Å². The third-order valence-corrected chi connectivity index (χ3v) is 4.97. The van der Waals surface area contributed by atoms with E-state index in [1.165, 1.54) is 24.9 Å². The van der Waals surface area contributed by atoms with Crippen molar-refractivity contribution >= 4 is 28.4 Å². The third kappa shape index (κ3) is 3.52. The minimum absolute atomic E-state index is 0.0242. The van der Waals surface area contributed by atoms with Gasteiger partial charge in [0.15, 0.2) is 5.78 Å². The largest absolute Gasteiger partial charge is 0.372 e. The van der Waals surface area contributed by atoms with Crippen LogP contribution in [0.4, 0.5) is 5.69 Å². The maximum Gasteiger partial charge on any atom is 0.185 e. The number of carbonyl (C=O) groups excluding carboxylic acids is 1. The number of nitrogens with zero attached hydrogens (tertiary/aromatic N) is 2. The van der Waals surface area contributed by atoms with Gasteiger partial charge in [0.05, 0.1) is 5.52 Å². The minimum Gasteiger partial charge on any atom is -0.372 e. The zero-order chi connectivity index (χ0) is 17.8. The maximum absolute atomic E-state index is 12.5. The highest BCUT2D eigenvalue weighted by Gasteiger charge is 2.11. The first kappa shape index (κ1) is 16.5. The number of para-hydroxylation sites is 1. The van der Waals surface area contributed by atoms with Crippen molar-refractivity contribution in [3.63, 3.8) is 0 Å². The van der Waals surface area contributed by atoms with Crippen LogP contribution in [0.15, 0.2) is 66.9 Å². The molecule has 3 nitrogen and oxygen atoms in total. The van der Waals surface area contributed by atoms with Gasteiger partial charge < -0.3 is 4.90 Å². The second-order valence-electron chi connectivity index (χ2n) is 6.71. The summed E-state index contributed by atoms with van der Waals surface area (Å²) in [6, 6.07) is 17.9. The summed E-state index contributed by atoms with van der Waals surface area (Å²) >= 11 is 0. The molecular formula is C23H22N2O. The fourth-order valence-electron chi connectivity index (χ4n) is 3.51. The molecule has 3 aromatic rings. The van der Waals surface area contributed by atoms with Gasteiger partial charge in [-0.1, -0.05) is 24.3 Å². The van der Waals surface area contributed by atoms with Gasteiger partial charge in [-0.25, -0.2) is 0 Å². The van der Waals surface area contributed by atoms with Crippen molar-refractivity contribution in [3.05, 3.63) is 78.0 Å². The smallest absolute Gasteiger partial charge is 0.185 e.